The van der Waals surface area contributed by atoms with Gasteiger partial charge in [-0.15, -0.1) is 0 Å². The number of halogens is 2. The molecule has 0 bridgehead atoms. The summed E-state index contributed by atoms with van der Waals surface area (Å²) in [6, 6.07) is 19.5. The fourth-order valence-electron chi connectivity index (χ4n) is 6.17. The molecule has 240 valence electrons. The van der Waals surface area contributed by atoms with Gasteiger partial charge in [-0.05, 0) is 49.2 Å². The summed E-state index contributed by atoms with van der Waals surface area (Å²) in [5.74, 6) is 1.54. The summed E-state index contributed by atoms with van der Waals surface area (Å²) in [5, 5.41) is 12.8. The van der Waals surface area contributed by atoms with Crippen molar-refractivity contribution in [3.8, 4) is 45.2 Å². The molecular weight excluding hydrogens is 607 g/mol. The van der Waals surface area contributed by atoms with Gasteiger partial charge in [-0.3, -0.25) is 0 Å². The lowest BCUT2D eigenvalue weighted by atomic mass is 9.96. The molecule has 1 aliphatic rings. The highest BCUT2D eigenvalue weighted by Crippen LogP contribution is 2.41. The molecule has 1 aliphatic heterocycles. The van der Waals surface area contributed by atoms with Crippen LogP contribution in [0.25, 0.3) is 38.8 Å². The molecular formula is C36H38ClFN4O4. The van der Waals surface area contributed by atoms with Crippen LogP contribution in [0.2, 0.25) is 5.02 Å². The van der Waals surface area contributed by atoms with Crippen LogP contribution < -0.4 is 24.8 Å². The third kappa shape index (κ3) is 6.16. The first-order valence-corrected chi connectivity index (χ1v) is 15.7. The monoisotopic (exact) mass is 644 g/mol. The van der Waals surface area contributed by atoms with Gasteiger partial charge in [-0.2, -0.15) is 5.10 Å². The lowest BCUT2D eigenvalue weighted by Gasteiger charge is -2.24. The van der Waals surface area contributed by atoms with Crippen molar-refractivity contribution in [3.05, 3.63) is 88.8 Å². The van der Waals surface area contributed by atoms with E-state index >= 15 is 4.39 Å². The summed E-state index contributed by atoms with van der Waals surface area (Å²) < 4.78 is 39.7. The van der Waals surface area contributed by atoms with Gasteiger partial charge in [0.15, 0.2) is 0 Å². The molecule has 2 N–H and O–H groups in total. The van der Waals surface area contributed by atoms with Gasteiger partial charge < -0.3 is 29.6 Å². The van der Waals surface area contributed by atoms with E-state index in [1.54, 1.807) is 21.3 Å². The Morgan fingerprint density at radius 2 is 1.52 bits per heavy atom. The number of hydrogen-bond donors (Lipinski definition) is 2. The Morgan fingerprint density at radius 3 is 2.22 bits per heavy atom. The van der Waals surface area contributed by atoms with Crippen LogP contribution in [-0.4, -0.2) is 57.4 Å². The van der Waals surface area contributed by atoms with Crippen molar-refractivity contribution in [2.24, 2.45) is 0 Å². The van der Waals surface area contributed by atoms with E-state index in [9.17, 15) is 0 Å². The van der Waals surface area contributed by atoms with Crippen LogP contribution in [0.4, 0.5) is 4.39 Å². The molecule has 1 fully saturated rings. The molecule has 46 heavy (non-hydrogen) atoms. The molecule has 10 heteroatoms. The summed E-state index contributed by atoms with van der Waals surface area (Å²) in [6.07, 6.45) is 3.79. The van der Waals surface area contributed by atoms with E-state index in [1.807, 2.05) is 65.5 Å². The maximum atomic E-state index is 15.2. The second kappa shape index (κ2) is 14.1. The lowest BCUT2D eigenvalue weighted by Crippen LogP contribution is -2.34. The first kappa shape index (κ1) is 31.8. The molecule has 6 rings (SSSR count). The number of hydrogen-bond acceptors (Lipinski definition) is 7. The molecule has 1 aromatic heterocycles. The molecule has 0 amide bonds. The van der Waals surface area contributed by atoms with E-state index in [0.717, 1.165) is 59.3 Å². The summed E-state index contributed by atoms with van der Waals surface area (Å²) in [5.41, 5.74) is 6.17. The van der Waals surface area contributed by atoms with Gasteiger partial charge in [-0.25, -0.2) is 9.07 Å². The Hall–Kier alpha value is -4.15. The third-order valence-corrected chi connectivity index (χ3v) is 8.97. The number of nitrogens with zero attached hydrogens (tertiary/aromatic N) is 2. The van der Waals surface area contributed by atoms with Crippen molar-refractivity contribution in [1.82, 2.24) is 20.4 Å². The quantitative estimate of drug-likeness (QED) is 0.158. The van der Waals surface area contributed by atoms with Gasteiger partial charge in [0.2, 0.25) is 0 Å². The van der Waals surface area contributed by atoms with E-state index in [-0.39, 0.29) is 5.82 Å². The number of fused-ring (bicyclic) bond motifs is 1. The van der Waals surface area contributed by atoms with Crippen LogP contribution in [0.1, 0.15) is 24.0 Å². The molecule has 1 saturated heterocycles. The SMILES string of the molecule is CNCc1c(F)cc(-c2cccc(-c3cccc4c3cnn4-c3cc(OC)c(CNC4CCOCC4)c(OC)c3)c2Cl)cc1OC. The molecule has 0 radical (unpaired) electrons. The van der Waals surface area contributed by atoms with Crippen molar-refractivity contribution in [1.29, 1.82) is 0 Å². The van der Waals surface area contributed by atoms with Crippen molar-refractivity contribution >= 4 is 22.5 Å². The predicted molar refractivity (Wildman–Crippen MR) is 180 cm³/mol. The number of benzene rings is 4. The number of rotatable bonds is 11. The maximum Gasteiger partial charge on any atom is 0.132 e. The zero-order valence-electron chi connectivity index (χ0n) is 26.5. The highest BCUT2D eigenvalue weighted by molar-refractivity contribution is 6.36. The second-order valence-corrected chi connectivity index (χ2v) is 11.6. The Kier molecular flexibility index (Phi) is 9.75. The van der Waals surface area contributed by atoms with E-state index < -0.39 is 0 Å². The largest absolute Gasteiger partial charge is 0.496 e. The van der Waals surface area contributed by atoms with Gasteiger partial charge in [0, 0.05) is 66.6 Å². The maximum absolute atomic E-state index is 15.2. The molecule has 0 atom stereocenters. The highest BCUT2D eigenvalue weighted by Gasteiger charge is 2.21. The number of methoxy groups -OCH3 is 3. The van der Waals surface area contributed by atoms with E-state index in [4.69, 9.17) is 35.6 Å². The zero-order chi connectivity index (χ0) is 32.2. The Labute approximate surface area is 273 Å². The van der Waals surface area contributed by atoms with E-state index in [0.29, 0.717) is 58.1 Å². The Bertz CT molecular complexity index is 1830. The molecule has 8 nitrogen and oxygen atoms in total. The van der Waals surface area contributed by atoms with Crippen LogP contribution in [0.3, 0.4) is 0 Å². The van der Waals surface area contributed by atoms with Crippen LogP contribution in [0, 0.1) is 5.82 Å². The third-order valence-electron chi connectivity index (χ3n) is 8.57. The average Bonchev–Trinajstić information content (AvgIpc) is 3.53. The molecule has 0 spiro atoms. The fourth-order valence-corrected chi connectivity index (χ4v) is 6.50. The summed E-state index contributed by atoms with van der Waals surface area (Å²) in [4.78, 5) is 0. The molecule has 5 aromatic rings. The van der Waals surface area contributed by atoms with Crippen LogP contribution >= 0.6 is 11.6 Å². The summed E-state index contributed by atoms with van der Waals surface area (Å²) >= 11 is 7.08. The van der Waals surface area contributed by atoms with Crippen LogP contribution in [0.5, 0.6) is 17.2 Å². The minimum Gasteiger partial charge on any atom is -0.496 e. The first-order valence-electron chi connectivity index (χ1n) is 15.3. The average molecular weight is 645 g/mol. The summed E-state index contributed by atoms with van der Waals surface area (Å²) in [7, 11) is 6.64. The normalized spacial score (nSPS) is 13.7. The van der Waals surface area contributed by atoms with Crippen molar-refractivity contribution in [3.63, 3.8) is 0 Å². The first-order chi connectivity index (χ1) is 22.5. The lowest BCUT2D eigenvalue weighted by molar-refractivity contribution is 0.0775. The van der Waals surface area contributed by atoms with Crippen molar-refractivity contribution in [2.75, 3.05) is 41.6 Å². The van der Waals surface area contributed by atoms with Crippen molar-refractivity contribution in [2.45, 2.75) is 32.0 Å². The van der Waals surface area contributed by atoms with Crippen LogP contribution in [-0.2, 0) is 17.8 Å². The van der Waals surface area contributed by atoms with Crippen molar-refractivity contribution < 1.29 is 23.3 Å². The predicted octanol–water partition coefficient (Wildman–Crippen LogP) is 7.17. The summed E-state index contributed by atoms with van der Waals surface area (Å²) in [6.45, 7) is 2.50. The smallest absolute Gasteiger partial charge is 0.132 e. The van der Waals surface area contributed by atoms with Crippen LogP contribution in [0.15, 0.2) is 66.9 Å². The second-order valence-electron chi connectivity index (χ2n) is 11.2. The zero-order valence-corrected chi connectivity index (χ0v) is 27.2. The van der Waals surface area contributed by atoms with Gasteiger partial charge in [-0.1, -0.05) is 41.9 Å². The van der Waals surface area contributed by atoms with Gasteiger partial charge in [0.25, 0.3) is 0 Å². The van der Waals surface area contributed by atoms with E-state index in [2.05, 4.69) is 10.6 Å². The number of nitrogens with one attached hydrogen (secondary N) is 2. The Balaban J connectivity index is 1.38. The molecule has 4 aromatic carbocycles. The number of aromatic nitrogens is 2. The fraction of sp³-hybridized carbons (Fsp3) is 0.306. The minimum absolute atomic E-state index is 0.350. The van der Waals surface area contributed by atoms with E-state index in [1.165, 1.54) is 13.2 Å². The number of ether oxygens (including phenoxy) is 4. The molecule has 0 saturated carbocycles. The van der Waals surface area contributed by atoms with Gasteiger partial charge >= 0.3 is 0 Å². The topological polar surface area (TPSA) is 78.8 Å². The standard InChI is InChI=1S/C36H38ClFN4O4/c1-39-19-29-31(38)15-22(16-33(29)43-2)25-7-5-9-27(36(25)37)26-8-6-10-32-28(26)21-41-42(32)24-17-34(44-3)30(35(18-24)45-4)20-40-23-11-13-46-14-12-23/h5-10,15-18,21,23,39-40H,11-14,19-20H2,1-4H3. The van der Waals surface area contributed by atoms with Gasteiger partial charge in [0.1, 0.15) is 23.1 Å². The molecule has 2 heterocycles. The molecule has 0 unspecified atom stereocenters. The Morgan fingerprint density at radius 1 is 0.870 bits per heavy atom. The molecule has 0 aliphatic carbocycles. The van der Waals surface area contributed by atoms with Gasteiger partial charge in [0.05, 0.1) is 49.3 Å². The highest BCUT2D eigenvalue weighted by atomic mass is 35.5. The minimum atomic E-state index is -0.357.